The molecule has 30 heavy (non-hydrogen) atoms. The number of sulfonamides is 1. The van der Waals surface area contributed by atoms with E-state index < -0.39 is 22.5 Å². The Bertz CT molecular complexity index is 1120. The van der Waals surface area contributed by atoms with Crippen LogP contribution in [0.25, 0.3) is 0 Å². The van der Waals surface area contributed by atoms with Crippen molar-refractivity contribution >= 4 is 61.4 Å². The van der Waals surface area contributed by atoms with Crippen molar-refractivity contribution in [2.75, 3.05) is 21.9 Å². The van der Waals surface area contributed by atoms with Crippen molar-refractivity contribution in [1.82, 2.24) is 10.2 Å². The monoisotopic (exact) mass is 480 g/mol. The smallest absolute Gasteiger partial charge is 0.264 e. The third kappa shape index (κ3) is 5.60. The van der Waals surface area contributed by atoms with Gasteiger partial charge in [0.05, 0.1) is 10.6 Å². The Labute approximate surface area is 187 Å². The van der Waals surface area contributed by atoms with Crippen LogP contribution in [0.1, 0.15) is 0 Å². The van der Waals surface area contributed by atoms with E-state index >= 15 is 0 Å². The molecule has 156 valence electrons. The topological polar surface area (TPSA) is 92.3 Å². The van der Waals surface area contributed by atoms with Gasteiger partial charge >= 0.3 is 0 Å². The minimum absolute atomic E-state index is 0.0757. The second-order valence-corrected chi connectivity index (χ2v) is 10.4. The van der Waals surface area contributed by atoms with Crippen molar-refractivity contribution in [2.24, 2.45) is 0 Å². The van der Waals surface area contributed by atoms with Crippen LogP contribution in [0.3, 0.4) is 0 Å². The number of nitrogens with zero attached hydrogens (tertiary/aromatic N) is 3. The zero-order valence-corrected chi connectivity index (χ0v) is 18.8. The first kappa shape index (κ1) is 22.3. The second kappa shape index (κ2) is 10.1. The molecule has 0 atom stereocenters. The summed E-state index contributed by atoms with van der Waals surface area (Å²) in [4.78, 5) is 12.7. The molecular weight excluding hydrogens is 464 g/mol. The van der Waals surface area contributed by atoms with Crippen LogP contribution in [-0.4, -0.2) is 36.8 Å². The molecule has 3 rings (SSSR count). The highest BCUT2D eigenvalue weighted by Gasteiger charge is 2.27. The fourth-order valence-electron chi connectivity index (χ4n) is 2.38. The summed E-state index contributed by atoms with van der Waals surface area (Å²) in [6.07, 6.45) is 1.74. The molecular formula is C19H17ClN4O3S3. The van der Waals surface area contributed by atoms with Crippen molar-refractivity contribution in [3.05, 3.63) is 72.3 Å². The second-order valence-electron chi connectivity index (χ2n) is 5.82. The molecule has 3 aromatic rings. The third-order valence-corrected chi connectivity index (χ3v) is 7.72. The molecule has 7 nitrogen and oxygen atoms in total. The van der Waals surface area contributed by atoms with Gasteiger partial charge in [-0.25, -0.2) is 8.42 Å². The van der Waals surface area contributed by atoms with Gasteiger partial charge in [-0.1, -0.05) is 59.0 Å². The van der Waals surface area contributed by atoms with Crippen LogP contribution in [0.2, 0.25) is 5.02 Å². The number of carbonyl (C=O) groups excluding carboxylic acids is 1. The lowest BCUT2D eigenvalue weighted by molar-refractivity contribution is -0.114. The molecule has 0 unspecified atom stereocenters. The molecule has 0 spiro atoms. The summed E-state index contributed by atoms with van der Waals surface area (Å²) >= 11 is 8.57. The molecule has 1 heterocycles. The van der Waals surface area contributed by atoms with Crippen molar-refractivity contribution in [2.45, 2.75) is 9.24 Å². The molecule has 0 bridgehead atoms. The number of amides is 1. The number of halogens is 1. The quantitative estimate of drug-likeness (QED) is 0.279. The average Bonchev–Trinajstić information content (AvgIpc) is 3.19. The minimum Gasteiger partial charge on any atom is -0.299 e. The summed E-state index contributed by atoms with van der Waals surface area (Å²) in [7, 11) is -3.98. The van der Waals surface area contributed by atoms with Crippen molar-refractivity contribution in [3.8, 4) is 0 Å². The summed E-state index contributed by atoms with van der Waals surface area (Å²) < 4.78 is 28.1. The SMILES string of the molecule is C=CCSc1nnc(NC(=O)CN(c2ccc(Cl)cc2)S(=O)(=O)c2ccccc2)s1. The Morgan fingerprint density at radius 2 is 1.87 bits per heavy atom. The summed E-state index contributed by atoms with van der Waals surface area (Å²) in [5, 5.41) is 11.2. The average molecular weight is 481 g/mol. The lowest BCUT2D eigenvalue weighted by Gasteiger charge is -2.24. The lowest BCUT2D eigenvalue weighted by Crippen LogP contribution is -2.38. The maximum absolute atomic E-state index is 13.2. The summed E-state index contributed by atoms with van der Waals surface area (Å²) in [5.41, 5.74) is 0.317. The maximum Gasteiger partial charge on any atom is 0.264 e. The van der Waals surface area contributed by atoms with Crippen LogP contribution in [0.5, 0.6) is 0 Å². The minimum atomic E-state index is -3.98. The Kier molecular flexibility index (Phi) is 7.48. The van der Waals surface area contributed by atoms with E-state index in [1.165, 1.54) is 35.2 Å². The van der Waals surface area contributed by atoms with Gasteiger partial charge in [-0.05, 0) is 36.4 Å². The molecule has 0 aliphatic rings. The van der Waals surface area contributed by atoms with Crippen molar-refractivity contribution in [3.63, 3.8) is 0 Å². The molecule has 0 fully saturated rings. The number of hydrogen-bond donors (Lipinski definition) is 1. The van der Waals surface area contributed by atoms with Gasteiger partial charge in [0.2, 0.25) is 11.0 Å². The zero-order chi connectivity index (χ0) is 21.6. The van der Waals surface area contributed by atoms with Crippen LogP contribution in [0, 0.1) is 0 Å². The molecule has 2 aromatic carbocycles. The number of nitrogens with one attached hydrogen (secondary N) is 1. The Balaban J connectivity index is 1.84. The van der Waals surface area contributed by atoms with Gasteiger partial charge in [0.15, 0.2) is 4.34 Å². The van der Waals surface area contributed by atoms with E-state index in [1.807, 2.05) is 0 Å². The lowest BCUT2D eigenvalue weighted by atomic mass is 10.3. The van der Waals surface area contributed by atoms with Gasteiger partial charge in [0.25, 0.3) is 10.0 Å². The molecule has 1 amide bonds. The number of thioether (sulfide) groups is 1. The molecule has 11 heteroatoms. The highest BCUT2D eigenvalue weighted by Crippen LogP contribution is 2.27. The molecule has 1 N–H and O–H groups in total. The number of anilines is 2. The Morgan fingerprint density at radius 3 is 2.53 bits per heavy atom. The van der Waals surface area contributed by atoms with Gasteiger partial charge in [-0.3, -0.25) is 14.4 Å². The van der Waals surface area contributed by atoms with E-state index in [2.05, 4.69) is 22.1 Å². The molecule has 1 aromatic heterocycles. The standard InChI is InChI=1S/C19H17ClN4O3S3/c1-2-12-28-19-23-22-18(29-19)21-17(25)13-24(15-10-8-14(20)9-11-15)30(26,27)16-6-4-3-5-7-16/h2-11H,1,12-13H2,(H,21,22,25). The number of aromatic nitrogens is 2. The number of hydrogen-bond acceptors (Lipinski definition) is 7. The number of benzene rings is 2. The zero-order valence-electron chi connectivity index (χ0n) is 15.6. The van der Waals surface area contributed by atoms with Crippen LogP contribution in [-0.2, 0) is 14.8 Å². The maximum atomic E-state index is 13.2. The van der Waals surface area contributed by atoms with Crippen LogP contribution in [0.4, 0.5) is 10.8 Å². The normalized spacial score (nSPS) is 11.1. The van der Waals surface area contributed by atoms with E-state index in [1.54, 1.807) is 48.5 Å². The number of carbonyl (C=O) groups is 1. The largest absolute Gasteiger partial charge is 0.299 e. The van der Waals surface area contributed by atoms with Crippen molar-refractivity contribution in [1.29, 1.82) is 0 Å². The first-order valence-corrected chi connectivity index (χ1v) is 12.2. The molecule has 0 saturated heterocycles. The highest BCUT2D eigenvalue weighted by atomic mass is 35.5. The van der Waals surface area contributed by atoms with E-state index in [4.69, 9.17) is 11.6 Å². The molecule has 0 radical (unpaired) electrons. The first-order chi connectivity index (χ1) is 14.4. The van der Waals surface area contributed by atoms with Crippen LogP contribution < -0.4 is 9.62 Å². The van der Waals surface area contributed by atoms with Crippen LogP contribution >= 0.6 is 34.7 Å². The predicted molar refractivity (Wildman–Crippen MR) is 122 cm³/mol. The summed E-state index contributed by atoms with van der Waals surface area (Å²) in [5.74, 6) is 0.128. The van der Waals surface area contributed by atoms with E-state index in [9.17, 15) is 13.2 Å². The van der Waals surface area contributed by atoms with Gasteiger partial charge in [0.1, 0.15) is 6.54 Å². The van der Waals surface area contributed by atoms with E-state index in [0.717, 1.165) is 4.31 Å². The fourth-order valence-corrected chi connectivity index (χ4v) is 5.48. The molecule has 0 saturated carbocycles. The molecule has 0 aliphatic heterocycles. The Hall–Kier alpha value is -2.40. The summed E-state index contributed by atoms with van der Waals surface area (Å²) in [6, 6.07) is 14.1. The van der Waals surface area contributed by atoms with Crippen LogP contribution in [0.15, 0.2) is 76.5 Å². The fraction of sp³-hybridized carbons (Fsp3) is 0.105. The number of rotatable bonds is 9. The van der Waals surface area contributed by atoms with Gasteiger partial charge < -0.3 is 0 Å². The first-order valence-electron chi connectivity index (χ1n) is 8.60. The van der Waals surface area contributed by atoms with E-state index in [0.29, 0.717) is 25.9 Å². The van der Waals surface area contributed by atoms with Gasteiger partial charge in [0, 0.05) is 10.8 Å². The summed E-state index contributed by atoms with van der Waals surface area (Å²) in [6.45, 7) is 3.20. The van der Waals surface area contributed by atoms with Gasteiger partial charge in [-0.15, -0.1) is 16.8 Å². The van der Waals surface area contributed by atoms with E-state index in [-0.39, 0.29) is 4.90 Å². The molecule has 0 aliphatic carbocycles. The van der Waals surface area contributed by atoms with Crippen molar-refractivity contribution < 1.29 is 13.2 Å². The third-order valence-electron chi connectivity index (χ3n) is 3.71. The highest BCUT2D eigenvalue weighted by molar-refractivity contribution is 8.01. The van der Waals surface area contributed by atoms with Gasteiger partial charge in [-0.2, -0.15) is 0 Å². The Morgan fingerprint density at radius 1 is 1.17 bits per heavy atom. The predicted octanol–water partition coefficient (Wildman–Crippen LogP) is 4.30.